The summed E-state index contributed by atoms with van der Waals surface area (Å²) in [5.41, 5.74) is 11.8. The van der Waals surface area contributed by atoms with Gasteiger partial charge in [-0.3, -0.25) is 13.6 Å². The van der Waals surface area contributed by atoms with Crippen LogP contribution in [0.3, 0.4) is 0 Å². The third-order valence-electron chi connectivity index (χ3n) is 18.6. The van der Waals surface area contributed by atoms with Crippen LogP contribution in [0.15, 0.2) is 340 Å². The van der Waals surface area contributed by atoms with E-state index in [1.165, 1.54) is 135 Å². The Morgan fingerprint density at radius 1 is 0.432 bits per heavy atom. The van der Waals surface area contributed by atoms with E-state index >= 15 is 0 Å². The molecule has 0 saturated heterocycles. The molecule has 0 fully saturated rings. The fraction of sp³-hybridized carbons (Fsp3) is 0.133. The first-order chi connectivity index (χ1) is 58.0. The van der Waals surface area contributed by atoms with Gasteiger partial charge in [-0.1, -0.05) is 218 Å². The van der Waals surface area contributed by atoms with E-state index in [1.54, 1.807) is 47.9 Å². The van der Waals surface area contributed by atoms with Gasteiger partial charge in [0.15, 0.2) is 5.78 Å². The number of aromatic nitrogens is 7. The summed E-state index contributed by atoms with van der Waals surface area (Å²) in [6.07, 6.45) is 22.6. The van der Waals surface area contributed by atoms with E-state index in [2.05, 4.69) is 245 Å². The fourth-order valence-corrected chi connectivity index (χ4v) is 13.6. The number of hydrogen-bond acceptors (Lipinski definition) is 11. The molecule has 0 unspecified atom stereocenters. The van der Waals surface area contributed by atoms with E-state index in [-0.39, 0.29) is 149 Å². The molecule has 0 atom stereocenters. The van der Waals surface area contributed by atoms with Crippen LogP contribution in [0.25, 0.3) is 120 Å². The summed E-state index contributed by atoms with van der Waals surface area (Å²) < 4.78 is 27.1. The zero-order chi connectivity index (χ0) is 83.6. The van der Waals surface area contributed by atoms with Crippen molar-refractivity contribution in [3.63, 3.8) is 0 Å². The second-order valence-electron chi connectivity index (χ2n) is 28.5. The second kappa shape index (κ2) is 55.4. The Morgan fingerprint density at radius 3 is 1.43 bits per heavy atom. The van der Waals surface area contributed by atoms with Crippen molar-refractivity contribution in [2.24, 2.45) is 0 Å². The van der Waals surface area contributed by atoms with Crippen LogP contribution in [0.1, 0.15) is 102 Å². The topological polar surface area (TPSA) is 165 Å². The van der Waals surface area contributed by atoms with Gasteiger partial charge in [-0.25, -0.2) is 21.1 Å². The Kier molecular flexibility index (Phi) is 46.8. The van der Waals surface area contributed by atoms with E-state index in [1.807, 2.05) is 122 Å². The molecule has 11 nitrogen and oxygen atoms in total. The number of carboxylic acid groups (broad SMARTS) is 1. The van der Waals surface area contributed by atoms with Crippen LogP contribution in [0.5, 0.6) is 0 Å². The number of hydrogen-bond donors (Lipinski definition) is 2. The number of aliphatic hydroxyl groups excluding tert-OH is 1. The van der Waals surface area contributed by atoms with E-state index in [4.69, 9.17) is 10.2 Å². The summed E-state index contributed by atoms with van der Waals surface area (Å²) in [6.45, 7) is 11.8. The maximum atomic E-state index is 13.2. The molecule has 20 heteroatoms. The molecule has 0 saturated carbocycles. The molecule has 2 N–H and O–H groups in total. The molecule has 6 radical (unpaired) electrons. The maximum absolute atomic E-state index is 13.2. The van der Waals surface area contributed by atoms with Crippen molar-refractivity contribution in [2.45, 2.75) is 91.9 Å². The predicted octanol–water partition coefficient (Wildman–Crippen LogP) is 26.9. The number of carbonyl (C=O) groups is 2. The smallest absolute Gasteiger partial charge is 0.354 e. The number of nitrogens with zero attached hydrogens (tertiary/aromatic N) is 7. The molecule has 0 aliphatic carbocycles. The minimum absolute atomic E-state index is 0. The number of carboxylic acids is 1. The first-order valence-corrected chi connectivity index (χ1v) is 40.1. The van der Waals surface area contributed by atoms with Gasteiger partial charge in [0.2, 0.25) is 0 Å². The number of unbranched alkanes of at least 4 members (excludes halogenated alkanes) is 5. The van der Waals surface area contributed by atoms with Gasteiger partial charge in [-0.15, -0.1) is 177 Å². The molecule has 18 rings (SSSR count). The standard InChI is InChI=1S/C23H26N.C19H18N.C15H10N.C13H8NS.C13H8N.C11H6F2N.C6H5NO2.C5H8O2.6Ir/c1-2-3-4-5-6-7-10-19-13-15-21(16-14-19)23-22-12-9-8-11-20(22)17-18-24-23;1-19(2,3)16-10-8-15(9-11-16)18-17-7-5-4-6-14(17)12-13-20-18;1-2-7-13(8-3-1)15-14-9-5-4-6-12(14)10-11-16-15;1-2-7-12-10(5-1)9-13(15-12)11-6-3-4-8-14-11;1-2-6-12-10(4-1)7-8-11-5-3-9-14-13(11)12;12-8-4-5-9(10(13)7-8)11-3-1-2-6-14-11;8-6(9)5-3-1-2-4-7-5;1-4(6)3-5(2)7;;;;;;/h8-9,11-15,17-18H,2-7,10H2,1H3;4-8,10-13H,1-3H3;1-7,9-11H;1-8H;1-5,7-9H;1-4,6-7H;1-4H,(H,8,9);3,6H,1-2H3;;;;;;/q6*-1;;;;;;;;. The SMILES string of the molecule is CC(=O)C=C(C)O.CC(C)(C)c1c[c-]c(-c2nccc3ccccc23)cc1.CCCCCCCCc1c[c-]c(-c2nccc3ccccc23)cc1.Fc1c[c-]c(-c2ccccn2)c(F)c1.O=C(O)c1ccccn1.[Ir].[Ir].[Ir].[Ir].[Ir].[Ir].[c-]1c(-c2ccccn2)sc2ccccc12.[c-]1cccc2ccc3cccnc3c12.[c-]1ccccc1-c1nccc2ccccc12. The average Bonchev–Trinajstić information content (AvgIpc) is 1.66. The first-order valence-electron chi connectivity index (χ1n) is 39.3. The molecule has 0 aliphatic heterocycles. The number of aromatic carboxylic acids is 1. The number of pyridine rings is 7. The summed E-state index contributed by atoms with van der Waals surface area (Å²) in [5, 5.41) is 28.5. The van der Waals surface area contributed by atoms with Crippen LogP contribution in [0, 0.1) is 48.0 Å². The van der Waals surface area contributed by atoms with Gasteiger partial charge >= 0.3 is 5.97 Å². The Bertz CT molecular complexity index is 6200. The monoisotopic (exact) mass is 2740 g/mol. The van der Waals surface area contributed by atoms with Gasteiger partial charge in [0, 0.05) is 187 Å². The fourth-order valence-electron chi connectivity index (χ4n) is 12.7. The quantitative estimate of drug-likeness (QED) is 0.0350. The molecule has 10 aromatic carbocycles. The number of rotatable bonds is 14. The summed E-state index contributed by atoms with van der Waals surface area (Å²) >= 11 is 1.73. The van der Waals surface area contributed by atoms with Crippen molar-refractivity contribution >= 4 is 87.2 Å². The largest absolute Gasteiger partial charge is 0.512 e. The van der Waals surface area contributed by atoms with Crippen LogP contribution >= 0.6 is 11.3 Å². The van der Waals surface area contributed by atoms with E-state index < -0.39 is 17.6 Å². The number of fused-ring (bicyclic) bond motifs is 7. The molecule has 18 aromatic rings. The van der Waals surface area contributed by atoms with Crippen molar-refractivity contribution < 1.29 is 149 Å². The molecule has 8 heterocycles. The molecular formula is C105H89F2Ir6N7O4S-6. The number of thiophene rings is 1. The van der Waals surface area contributed by atoms with Crippen molar-refractivity contribution in [1.82, 2.24) is 34.9 Å². The van der Waals surface area contributed by atoms with Crippen molar-refractivity contribution in [2.75, 3.05) is 0 Å². The summed E-state index contributed by atoms with van der Waals surface area (Å²) in [7, 11) is 0. The van der Waals surface area contributed by atoms with Gasteiger partial charge in [0.1, 0.15) is 5.69 Å². The van der Waals surface area contributed by atoms with Crippen molar-refractivity contribution in [3.8, 4) is 55.6 Å². The Morgan fingerprint density at radius 2 is 0.936 bits per heavy atom. The van der Waals surface area contributed by atoms with E-state index in [0.29, 0.717) is 5.69 Å². The predicted molar refractivity (Wildman–Crippen MR) is 482 cm³/mol. The Hall–Kier alpha value is -10.1. The maximum Gasteiger partial charge on any atom is 0.354 e. The number of aliphatic hydroxyl groups is 1. The zero-order valence-corrected chi connectivity index (χ0v) is 84.4. The summed E-state index contributed by atoms with van der Waals surface area (Å²) in [6, 6.07) is 111. The van der Waals surface area contributed by atoms with Crippen molar-refractivity contribution in [1.29, 1.82) is 0 Å². The minimum Gasteiger partial charge on any atom is -0.512 e. The number of aryl methyl sites for hydroxylation is 1. The van der Waals surface area contributed by atoms with Gasteiger partial charge in [0.25, 0.3) is 0 Å². The molecule has 0 spiro atoms. The third-order valence-corrected chi connectivity index (χ3v) is 19.7. The summed E-state index contributed by atoms with van der Waals surface area (Å²) in [4.78, 5) is 51.1. The number of benzene rings is 10. The molecule has 648 valence electrons. The zero-order valence-electron chi connectivity index (χ0n) is 69.2. The van der Waals surface area contributed by atoms with Crippen LogP contribution in [-0.4, -0.2) is 56.9 Å². The number of allylic oxidation sites excluding steroid dienone is 2. The van der Waals surface area contributed by atoms with Gasteiger partial charge in [-0.2, -0.15) is 0 Å². The minimum atomic E-state index is -0.990. The third kappa shape index (κ3) is 32.4. The molecule has 8 aromatic heterocycles. The van der Waals surface area contributed by atoms with E-state index in [0.717, 1.165) is 73.8 Å². The summed E-state index contributed by atoms with van der Waals surface area (Å²) in [5.74, 6) is -2.34. The van der Waals surface area contributed by atoms with Gasteiger partial charge in [0.05, 0.1) is 5.76 Å². The Labute approximate surface area is 815 Å². The number of halogens is 2. The van der Waals surface area contributed by atoms with Gasteiger partial charge < -0.3 is 40.1 Å². The van der Waals surface area contributed by atoms with Crippen LogP contribution < -0.4 is 0 Å². The molecule has 0 bridgehead atoms. The molecular weight excluding hydrogens is 2650 g/mol. The normalized spacial score (nSPS) is 10.3. The van der Waals surface area contributed by atoms with E-state index in [9.17, 15) is 18.4 Å². The first kappa shape index (κ1) is 105. The number of ketones is 1. The van der Waals surface area contributed by atoms with Crippen LogP contribution in [0.2, 0.25) is 0 Å². The number of carbonyl (C=O) groups excluding carboxylic acids is 1. The molecule has 0 aliphatic rings. The molecule has 125 heavy (non-hydrogen) atoms. The van der Waals surface area contributed by atoms with Crippen molar-refractivity contribution in [3.05, 3.63) is 405 Å². The van der Waals surface area contributed by atoms with Gasteiger partial charge in [-0.05, 0) is 143 Å². The molecule has 0 amide bonds. The second-order valence-corrected chi connectivity index (χ2v) is 29.6. The average molecular weight is 2740 g/mol. The van der Waals surface area contributed by atoms with Crippen LogP contribution in [0.4, 0.5) is 8.78 Å². The van der Waals surface area contributed by atoms with Crippen LogP contribution in [-0.2, 0) is 137 Å². The Balaban J connectivity index is 0.000000257.